The highest BCUT2D eigenvalue weighted by Crippen LogP contribution is 2.25. The lowest BCUT2D eigenvalue weighted by Gasteiger charge is -2.18. The van der Waals surface area contributed by atoms with Gasteiger partial charge in [-0.2, -0.15) is 0 Å². The van der Waals surface area contributed by atoms with Crippen LogP contribution in [0, 0.1) is 13.8 Å². The summed E-state index contributed by atoms with van der Waals surface area (Å²) < 4.78 is 25.8. The largest absolute Gasteiger partial charge is 0.398 e. The van der Waals surface area contributed by atoms with Crippen molar-refractivity contribution < 1.29 is 8.42 Å². The standard InChI is InChI=1S/C12H20N2O2S/c1-5-6-14(4)17(15,16)12-8-10(3)9(2)7-11(12)13/h7-8H,5-6,13H2,1-4H3. The van der Waals surface area contributed by atoms with Crippen molar-refractivity contribution in [3.05, 3.63) is 23.3 Å². The number of sulfonamides is 1. The van der Waals surface area contributed by atoms with E-state index in [1.54, 1.807) is 19.2 Å². The molecule has 0 radical (unpaired) electrons. The minimum atomic E-state index is -3.46. The van der Waals surface area contributed by atoms with Crippen LogP contribution >= 0.6 is 0 Å². The molecule has 0 aliphatic rings. The molecule has 0 amide bonds. The fourth-order valence-electron chi connectivity index (χ4n) is 1.64. The van der Waals surface area contributed by atoms with Crippen LogP contribution in [0.1, 0.15) is 24.5 Å². The summed E-state index contributed by atoms with van der Waals surface area (Å²) >= 11 is 0. The third kappa shape index (κ3) is 2.79. The lowest BCUT2D eigenvalue weighted by atomic mass is 10.1. The van der Waals surface area contributed by atoms with Gasteiger partial charge in [-0.25, -0.2) is 12.7 Å². The lowest BCUT2D eigenvalue weighted by Crippen LogP contribution is -2.28. The maximum atomic E-state index is 12.3. The summed E-state index contributed by atoms with van der Waals surface area (Å²) in [7, 11) is -1.89. The van der Waals surface area contributed by atoms with Crippen LogP contribution in [0.2, 0.25) is 0 Å². The number of nitrogens with zero attached hydrogens (tertiary/aromatic N) is 1. The highest BCUT2D eigenvalue weighted by molar-refractivity contribution is 7.89. The van der Waals surface area contributed by atoms with Crippen LogP contribution in [0.4, 0.5) is 5.69 Å². The van der Waals surface area contributed by atoms with Crippen LogP contribution in [0.5, 0.6) is 0 Å². The zero-order valence-corrected chi connectivity index (χ0v) is 11.6. The quantitative estimate of drug-likeness (QED) is 0.837. The van der Waals surface area contributed by atoms with Crippen LogP contribution in [0.25, 0.3) is 0 Å². The first-order valence-corrected chi connectivity index (χ1v) is 7.07. The number of hydrogen-bond donors (Lipinski definition) is 1. The van der Waals surface area contributed by atoms with Gasteiger partial charge < -0.3 is 5.73 Å². The lowest BCUT2D eigenvalue weighted by molar-refractivity contribution is 0.469. The van der Waals surface area contributed by atoms with Crippen LogP contribution in [-0.2, 0) is 10.0 Å². The minimum absolute atomic E-state index is 0.205. The predicted octanol–water partition coefficient (Wildman–Crippen LogP) is 1.92. The molecule has 1 rings (SSSR count). The molecular formula is C12H20N2O2S. The summed E-state index contributed by atoms with van der Waals surface area (Å²) in [4.78, 5) is 0.205. The van der Waals surface area contributed by atoms with Crippen LogP contribution in [-0.4, -0.2) is 26.3 Å². The van der Waals surface area contributed by atoms with Gasteiger partial charge in [0.25, 0.3) is 0 Å². The van der Waals surface area contributed by atoms with E-state index in [1.807, 2.05) is 20.8 Å². The highest BCUT2D eigenvalue weighted by Gasteiger charge is 2.23. The number of benzene rings is 1. The summed E-state index contributed by atoms with van der Waals surface area (Å²) in [6.45, 7) is 6.23. The van der Waals surface area contributed by atoms with Crippen molar-refractivity contribution in [1.29, 1.82) is 0 Å². The first kappa shape index (κ1) is 14.0. The summed E-state index contributed by atoms with van der Waals surface area (Å²) in [5, 5.41) is 0. The molecule has 0 unspecified atom stereocenters. The normalized spacial score (nSPS) is 12.1. The highest BCUT2D eigenvalue weighted by atomic mass is 32.2. The van der Waals surface area contributed by atoms with Gasteiger partial charge in [0.2, 0.25) is 10.0 Å². The molecule has 1 aromatic carbocycles. The van der Waals surface area contributed by atoms with Gasteiger partial charge in [-0.1, -0.05) is 6.92 Å². The monoisotopic (exact) mass is 256 g/mol. The first-order valence-electron chi connectivity index (χ1n) is 5.63. The number of hydrogen-bond acceptors (Lipinski definition) is 3. The number of nitrogens with two attached hydrogens (primary N) is 1. The second kappa shape index (κ2) is 5.06. The summed E-state index contributed by atoms with van der Waals surface area (Å²) in [5.74, 6) is 0. The van der Waals surface area contributed by atoms with E-state index in [0.717, 1.165) is 17.5 Å². The van der Waals surface area contributed by atoms with Crippen LogP contribution < -0.4 is 5.73 Å². The smallest absolute Gasteiger partial charge is 0.244 e. The van der Waals surface area contributed by atoms with E-state index >= 15 is 0 Å². The van der Waals surface area contributed by atoms with Crippen molar-refractivity contribution in [3.8, 4) is 0 Å². The second-order valence-corrected chi connectivity index (χ2v) is 6.31. The van der Waals surface area contributed by atoms with Crippen LogP contribution in [0.15, 0.2) is 17.0 Å². The van der Waals surface area contributed by atoms with Gasteiger partial charge in [-0.15, -0.1) is 0 Å². The number of anilines is 1. The molecule has 0 bridgehead atoms. The molecule has 4 nitrogen and oxygen atoms in total. The SMILES string of the molecule is CCCN(C)S(=O)(=O)c1cc(C)c(C)cc1N. The maximum Gasteiger partial charge on any atom is 0.244 e. The Morgan fingerprint density at radius 3 is 2.29 bits per heavy atom. The Morgan fingerprint density at radius 2 is 1.76 bits per heavy atom. The fraction of sp³-hybridized carbons (Fsp3) is 0.500. The third-order valence-corrected chi connectivity index (χ3v) is 4.77. The van der Waals surface area contributed by atoms with Crippen molar-refractivity contribution in [2.75, 3.05) is 19.3 Å². The number of aryl methyl sites for hydroxylation is 2. The van der Waals surface area contributed by atoms with Gasteiger partial charge in [0, 0.05) is 13.6 Å². The Bertz CT molecular complexity index is 509. The Labute approximate surface area is 103 Å². The van der Waals surface area contributed by atoms with E-state index in [0.29, 0.717) is 12.2 Å². The van der Waals surface area contributed by atoms with E-state index in [9.17, 15) is 8.42 Å². The Kier molecular flexibility index (Phi) is 4.16. The molecule has 5 heteroatoms. The van der Waals surface area contributed by atoms with Crippen molar-refractivity contribution in [3.63, 3.8) is 0 Å². The molecule has 0 saturated carbocycles. The average molecular weight is 256 g/mol. The summed E-state index contributed by atoms with van der Waals surface area (Å²) in [6, 6.07) is 3.36. The van der Waals surface area contributed by atoms with Crippen molar-refractivity contribution >= 4 is 15.7 Å². The molecule has 17 heavy (non-hydrogen) atoms. The first-order chi connectivity index (χ1) is 7.80. The molecule has 1 aromatic rings. The van der Waals surface area contributed by atoms with Gasteiger partial charge in [0.15, 0.2) is 0 Å². The Hall–Kier alpha value is -1.07. The van der Waals surface area contributed by atoms with E-state index in [-0.39, 0.29) is 4.90 Å². The minimum Gasteiger partial charge on any atom is -0.398 e. The van der Waals surface area contributed by atoms with Gasteiger partial charge in [0.1, 0.15) is 4.90 Å². The molecule has 0 aliphatic heterocycles. The van der Waals surface area contributed by atoms with Crippen molar-refractivity contribution in [2.45, 2.75) is 32.1 Å². The number of nitrogen functional groups attached to an aromatic ring is 1. The molecule has 0 spiro atoms. The second-order valence-electron chi connectivity index (χ2n) is 4.30. The zero-order chi connectivity index (χ0) is 13.2. The average Bonchev–Trinajstić information content (AvgIpc) is 2.23. The van der Waals surface area contributed by atoms with Crippen LogP contribution in [0.3, 0.4) is 0 Å². The molecule has 0 aromatic heterocycles. The summed E-state index contributed by atoms with van der Waals surface area (Å²) in [5.41, 5.74) is 8.05. The van der Waals surface area contributed by atoms with E-state index in [2.05, 4.69) is 0 Å². The third-order valence-electron chi connectivity index (χ3n) is 2.85. The summed E-state index contributed by atoms with van der Waals surface area (Å²) in [6.07, 6.45) is 0.778. The van der Waals surface area contributed by atoms with Gasteiger partial charge in [-0.3, -0.25) is 0 Å². The molecule has 0 saturated heterocycles. The van der Waals surface area contributed by atoms with Gasteiger partial charge >= 0.3 is 0 Å². The van der Waals surface area contributed by atoms with E-state index < -0.39 is 10.0 Å². The molecule has 0 heterocycles. The van der Waals surface area contributed by atoms with Gasteiger partial charge in [-0.05, 0) is 43.5 Å². The number of rotatable bonds is 4. The fourth-order valence-corrected chi connectivity index (χ4v) is 3.08. The Balaban J connectivity index is 3.29. The molecule has 2 N–H and O–H groups in total. The topological polar surface area (TPSA) is 63.4 Å². The zero-order valence-electron chi connectivity index (χ0n) is 10.8. The molecule has 0 fully saturated rings. The Morgan fingerprint density at radius 1 is 1.24 bits per heavy atom. The molecule has 0 aliphatic carbocycles. The van der Waals surface area contributed by atoms with Gasteiger partial charge in [0.05, 0.1) is 5.69 Å². The maximum absolute atomic E-state index is 12.3. The van der Waals surface area contributed by atoms with E-state index in [4.69, 9.17) is 5.73 Å². The van der Waals surface area contributed by atoms with Crippen molar-refractivity contribution in [1.82, 2.24) is 4.31 Å². The predicted molar refractivity (Wildman–Crippen MR) is 70.4 cm³/mol. The molecule has 96 valence electrons. The molecule has 0 atom stereocenters. The van der Waals surface area contributed by atoms with E-state index in [1.165, 1.54) is 4.31 Å². The molecular weight excluding hydrogens is 236 g/mol. The van der Waals surface area contributed by atoms with Crippen molar-refractivity contribution in [2.24, 2.45) is 0 Å².